The van der Waals surface area contributed by atoms with Crippen molar-refractivity contribution in [1.82, 2.24) is 15.1 Å². The number of rotatable bonds is 4. The topological polar surface area (TPSA) is 84.2 Å². The number of nitrogens with zero attached hydrogens (tertiary/aromatic N) is 2. The normalized spacial score (nSPS) is 26.1. The van der Waals surface area contributed by atoms with E-state index >= 15 is 0 Å². The van der Waals surface area contributed by atoms with Crippen LogP contribution in [0.25, 0.3) is 0 Å². The Morgan fingerprint density at radius 1 is 1.19 bits per heavy atom. The van der Waals surface area contributed by atoms with E-state index in [4.69, 9.17) is 5.11 Å². The van der Waals surface area contributed by atoms with Crippen LogP contribution >= 0.6 is 0 Å². The zero-order valence-electron chi connectivity index (χ0n) is 12.0. The lowest BCUT2D eigenvalue weighted by molar-refractivity contribution is -0.142. The molecule has 2 N–H and O–H groups in total. The fraction of sp³-hybridized carbons (Fsp3) is 0.667. The van der Waals surface area contributed by atoms with Gasteiger partial charge in [0.2, 0.25) is 0 Å². The number of aromatic nitrogens is 2. The Morgan fingerprint density at radius 2 is 1.95 bits per heavy atom. The third-order valence-corrected chi connectivity index (χ3v) is 4.69. The predicted molar refractivity (Wildman–Crippen MR) is 76.0 cm³/mol. The second-order valence-corrected chi connectivity index (χ2v) is 6.07. The van der Waals surface area contributed by atoms with E-state index in [9.17, 15) is 9.59 Å². The number of hydrogen-bond acceptors (Lipinski definition) is 3. The van der Waals surface area contributed by atoms with Gasteiger partial charge in [-0.15, -0.1) is 0 Å². The van der Waals surface area contributed by atoms with Crippen molar-refractivity contribution < 1.29 is 14.7 Å². The summed E-state index contributed by atoms with van der Waals surface area (Å²) in [6.07, 6.45) is 8.73. The van der Waals surface area contributed by atoms with Crippen LogP contribution in [-0.2, 0) is 4.79 Å². The largest absolute Gasteiger partial charge is 0.481 e. The van der Waals surface area contributed by atoms with Crippen molar-refractivity contribution >= 4 is 11.9 Å². The maximum absolute atomic E-state index is 12.2. The molecule has 0 unspecified atom stereocenters. The van der Waals surface area contributed by atoms with Crippen molar-refractivity contribution in [2.24, 2.45) is 5.92 Å². The highest BCUT2D eigenvalue weighted by molar-refractivity contribution is 5.92. The molecule has 2 aliphatic rings. The first-order chi connectivity index (χ1) is 10.1. The molecular weight excluding hydrogens is 270 g/mol. The minimum atomic E-state index is -0.825. The van der Waals surface area contributed by atoms with Gasteiger partial charge in [-0.1, -0.05) is 19.3 Å². The maximum Gasteiger partial charge on any atom is 0.308 e. The number of aliphatic carboxylic acids is 1. The summed E-state index contributed by atoms with van der Waals surface area (Å²) in [5.74, 6) is -1.55. The number of carbonyl (C=O) groups excluding carboxylic acids is 1. The standard InChI is InChI=1S/C15H21N3O3/c19-14(16-12-7-3-6-11(12)15(20)21)13-8-9-18(17-13)10-4-1-2-5-10/h8-12H,1-7H2,(H,16,19)(H,20,21)/t11-,12+/m1/s1. The number of carboxylic acid groups (broad SMARTS) is 1. The third kappa shape index (κ3) is 2.94. The molecule has 1 aromatic heterocycles. The Labute approximate surface area is 123 Å². The van der Waals surface area contributed by atoms with Crippen LogP contribution in [0.3, 0.4) is 0 Å². The molecule has 0 bridgehead atoms. The number of carbonyl (C=O) groups is 2. The summed E-state index contributed by atoms with van der Waals surface area (Å²) < 4.78 is 1.88. The monoisotopic (exact) mass is 291 g/mol. The van der Waals surface area contributed by atoms with Crippen molar-refractivity contribution in [2.45, 2.75) is 57.0 Å². The van der Waals surface area contributed by atoms with Crippen LogP contribution in [0, 0.1) is 5.92 Å². The van der Waals surface area contributed by atoms with Crippen molar-refractivity contribution in [3.05, 3.63) is 18.0 Å². The van der Waals surface area contributed by atoms with Crippen molar-refractivity contribution in [3.63, 3.8) is 0 Å². The van der Waals surface area contributed by atoms with Crippen LogP contribution in [0.15, 0.2) is 12.3 Å². The lowest BCUT2D eigenvalue weighted by Gasteiger charge is -2.16. The zero-order chi connectivity index (χ0) is 14.8. The smallest absolute Gasteiger partial charge is 0.308 e. The molecule has 21 heavy (non-hydrogen) atoms. The highest BCUT2D eigenvalue weighted by Crippen LogP contribution is 2.29. The van der Waals surface area contributed by atoms with Gasteiger partial charge in [0.25, 0.3) is 5.91 Å². The Balaban J connectivity index is 1.64. The molecule has 2 saturated carbocycles. The average Bonchev–Trinajstić information content (AvgIpc) is 3.19. The highest BCUT2D eigenvalue weighted by Gasteiger charge is 2.34. The molecule has 6 nitrogen and oxygen atoms in total. The molecule has 0 saturated heterocycles. The Morgan fingerprint density at radius 3 is 2.67 bits per heavy atom. The van der Waals surface area contributed by atoms with E-state index in [1.54, 1.807) is 6.07 Å². The van der Waals surface area contributed by atoms with Gasteiger partial charge >= 0.3 is 5.97 Å². The van der Waals surface area contributed by atoms with Gasteiger partial charge in [0.05, 0.1) is 12.0 Å². The first-order valence-corrected chi connectivity index (χ1v) is 7.74. The van der Waals surface area contributed by atoms with Crippen molar-refractivity contribution in [2.75, 3.05) is 0 Å². The first kappa shape index (κ1) is 14.1. The fourth-order valence-corrected chi connectivity index (χ4v) is 3.50. The molecule has 0 aliphatic heterocycles. The molecule has 114 valence electrons. The Hall–Kier alpha value is -1.85. The lowest BCUT2D eigenvalue weighted by atomic mass is 10.0. The van der Waals surface area contributed by atoms with Gasteiger partial charge in [0, 0.05) is 12.2 Å². The van der Waals surface area contributed by atoms with Gasteiger partial charge < -0.3 is 10.4 Å². The predicted octanol–water partition coefficient (Wildman–Crippen LogP) is 1.98. The molecular formula is C15H21N3O3. The van der Waals surface area contributed by atoms with Gasteiger partial charge in [0.15, 0.2) is 0 Å². The summed E-state index contributed by atoms with van der Waals surface area (Å²) >= 11 is 0. The van der Waals surface area contributed by atoms with Crippen molar-refractivity contribution in [3.8, 4) is 0 Å². The number of nitrogens with one attached hydrogen (secondary N) is 1. The van der Waals surface area contributed by atoms with E-state index in [1.807, 2.05) is 10.9 Å². The van der Waals surface area contributed by atoms with E-state index < -0.39 is 11.9 Å². The van der Waals surface area contributed by atoms with Gasteiger partial charge in [-0.05, 0) is 31.7 Å². The summed E-state index contributed by atoms with van der Waals surface area (Å²) in [6.45, 7) is 0. The van der Waals surface area contributed by atoms with Crippen LogP contribution in [0.5, 0.6) is 0 Å². The Bertz CT molecular complexity index is 534. The van der Waals surface area contributed by atoms with E-state index in [2.05, 4.69) is 10.4 Å². The minimum Gasteiger partial charge on any atom is -0.481 e. The fourth-order valence-electron chi connectivity index (χ4n) is 3.50. The summed E-state index contributed by atoms with van der Waals surface area (Å²) in [5.41, 5.74) is 0.387. The molecule has 1 aromatic rings. The van der Waals surface area contributed by atoms with E-state index in [0.29, 0.717) is 18.2 Å². The van der Waals surface area contributed by atoms with E-state index in [-0.39, 0.29) is 11.9 Å². The summed E-state index contributed by atoms with van der Waals surface area (Å²) in [5, 5.41) is 16.3. The van der Waals surface area contributed by atoms with Gasteiger partial charge in [-0.25, -0.2) is 0 Å². The quantitative estimate of drug-likeness (QED) is 0.888. The van der Waals surface area contributed by atoms with E-state index in [1.165, 1.54) is 12.8 Å². The maximum atomic E-state index is 12.2. The molecule has 2 fully saturated rings. The lowest BCUT2D eigenvalue weighted by Crippen LogP contribution is -2.40. The molecule has 0 radical (unpaired) electrons. The van der Waals surface area contributed by atoms with Gasteiger partial charge in [-0.3, -0.25) is 14.3 Å². The Kier molecular flexibility index (Phi) is 3.94. The summed E-state index contributed by atoms with van der Waals surface area (Å²) in [6, 6.07) is 1.86. The molecule has 0 spiro atoms. The van der Waals surface area contributed by atoms with E-state index in [0.717, 1.165) is 25.7 Å². The average molecular weight is 291 g/mol. The van der Waals surface area contributed by atoms with Gasteiger partial charge in [0.1, 0.15) is 5.69 Å². The molecule has 6 heteroatoms. The van der Waals surface area contributed by atoms with Crippen LogP contribution in [-0.4, -0.2) is 32.8 Å². The number of carboxylic acids is 1. The number of hydrogen-bond donors (Lipinski definition) is 2. The van der Waals surface area contributed by atoms with Crippen LogP contribution in [0.4, 0.5) is 0 Å². The molecule has 2 atom stereocenters. The van der Waals surface area contributed by atoms with Crippen LogP contribution < -0.4 is 5.32 Å². The molecule has 2 aliphatic carbocycles. The summed E-state index contributed by atoms with van der Waals surface area (Å²) in [7, 11) is 0. The first-order valence-electron chi connectivity index (χ1n) is 7.74. The van der Waals surface area contributed by atoms with Gasteiger partial charge in [-0.2, -0.15) is 5.10 Å². The molecule has 0 aromatic carbocycles. The van der Waals surface area contributed by atoms with Crippen LogP contribution in [0.1, 0.15) is 61.5 Å². The molecule has 1 heterocycles. The molecule has 1 amide bonds. The summed E-state index contributed by atoms with van der Waals surface area (Å²) in [4.78, 5) is 23.4. The van der Waals surface area contributed by atoms with Crippen LogP contribution in [0.2, 0.25) is 0 Å². The van der Waals surface area contributed by atoms with Crippen molar-refractivity contribution in [1.29, 1.82) is 0 Å². The molecule has 3 rings (SSSR count). The highest BCUT2D eigenvalue weighted by atomic mass is 16.4. The zero-order valence-corrected chi connectivity index (χ0v) is 12.0. The number of amides is 1. The third-order valence-electron chi connectivity index (χ3n) is 4.69. The second kappa shape index (κ2) is 5.87. The second-order valence-electron chi connectivity index (χ2n) is 6.07. The SMILES string of the molecule is O=C(N[C@H]1CCC[C@H]1C(=O)O)c1ccn(C2CCCC2)n1. The minimum absolute atomic E-state index is 0.259.